The third-order valence-electron chi connectivity index (χ3n) is 1.50. The molecule has 9 nitrogen and oxygen atoms in total. The number of carboxylic acids is 1. The Morgan fingerprint density at radius 3 is 2.73 bits per heavy atom. The zero-order valence-corrected chi connectivity index (χ0v) is 8.00. The third-order valence-corrected chi connectivity index (χ3v) is 1.50. The summed E-state index contributed by atoms with van der Waals surface area (Å²) in [5.41, 5.74) is 20.3. The van der Waals surface area contributed by atoms with Crippen LogP contribution in [0.2, 0.25) is 0 Å². The van der Waals surface area contributed by atoms with Crippen molar-refractivity contribution in [2.24, 2.45) is 21.7 Å². The fraction of sp³-hybridized carbons (Fsp3) is 0.667. The second kappa shape index (κ2) is 7.27. The van der Waals surface area contributed by atoms with E-state index in [0.717, 1.165) is 0 Å². The molecule has 1 atom stereocenters. The molecule has 9 heteroatoms. The van der Waals surface area contributed by atoms with Gasteiger partial charge in [0.05, 0.1) is 0 Å². The van der Waals surface area contributed by atoms with E-state index in [1.807, 2.05) is 0 Å². The highest BCUT2D eigenvalue weighted by Crippen LogP contribution is 1.98. The van der Waals surface area contributed by atoms with Crippen molar-refractivity contribution in [1.29, 1.82) is 0 Å². The summed E-state index contributed by atoms with van der Waals surface area (Å²) in [4.78, 5) is 16.7. The predicted molar refractivity (Wildman–Crippen MR) is 53.6 cm³/mol. The van der Waals surface area contributed by atoms with Gasteiger partial charge in [-0.25, -0.2) is 10.2 Å². The van der Waals surface area contributed by atoms with Crippen LogP contribution in [-0.2, 0) is 4.79 Å². The predicted octanol–water partition coefficient (Wildman–Crippen LogP) is -0.692. The lowest BCUT2D eigenvalue weighted by molar-refractivity contribution is -0.139. The quantitative estimate of drug-likeness (QED) is 0.0838. The Balaban J connectivity index is 3.91. The van der Waals surface area contributed by atoms with E-state index in [9.17, 15) is 4.79 Å². The van der Waals surface area contributed by atoms with Crippen LogP contribution in [0.4, 0.5) is 0 Å². The highest BCUT2D eigenvalue weighted by atomic mass is 16.4. The number of nitrogens with zero attached hydrogens (tertiary/aromatic N) is 4. The van der Waals surface area contributed by atoms with Crippen LogP contribution in [0.15, 0.2) is 10.2 Å². The lowest BCUT2D eigenvalue weighted by atomic mass is 10.2. The molecule has 0 aliphatic heterocycles. The maximum absolute atomic E-state index is 10.6. The minimum absolute atomic E-state index is 0.0371. The molecule has 0 fully saturated rings. The van der Waals surface area contributed by atoms with Crippen LogP contribution in [0.3, 0.4) is 0 Å². The first-order valence-corrected chi connectivity index (χ1v) is 4.15. The van der Waals surface area contributed by atoms with Crippen molar-refractivity contribution in [3.8, 4) is 0 Å². The summed E-state index contributed by atoms with van der Waals surface area (Å²) in [5.74, 6) is -1.13. The molecule has 15 heavy (non-hydrogen) atoms. The molecule has 0 heterocycles. The number of rotatable bonds is 7. The maximum atomic E-state index is 10.6. The Morgan fingerprint density at radius 2 is 2.27 bits per heavy atom. The largest absolute Gasteiger partial charge is 0.478 e. The van der Waals surface area contributed by atoms with E-state index in [-0.39, 0.29) is 12.4 Å². The number of hydrogen-bond donors (Lipinski definition) is 4. The molecule has 0 aliphatic carbocycles. The number of azide groups is 1. The van der Waals surface area contributed by atoms with Gasteiger partial charge in [-0.3, -0.25) is 4.99 Å². The van der Waals surface area contributed by atoms with Crippen molar-refractivity contribution in [3.05, 3.63) is 10.4 Å². The zero-order chi connectivity index (χ0) is 11.7. The van der Waals surface area contributed by atoms with Crippen molar-refractivity contribution < 1.29 is 9.90 Å². The van der Waals surface area contributed by atoms with E-state index < -0.39 is 12.0 Å². The Labute approximate surface area is 85.7 Å². The Morgan fingerprint density at radius 1 is 1.60 bits per heavy atom. The number of nitrogens with one attached hydrogen (secondary N) is 1. The normalized spacial score (nSPS) is 10.9. The summed E-state index contributed by atoms with van der Waals surface area (Å²) in [6.07, 6.45) is 0.744. The van der Waals surface area contributed by atoms with E-state index in [0.29, 0.717) is 13.0 Å². The number of aliphatic imine (C=N–C) groups is 1. The third kappa shape index (κ3) is 6.96. The standard InChI is InChI=1S/C6H13N7O2/c7-6(8)10-3-1-2-4(5(14)15)11-13-12-9/h4,11H,1-3H2,(H,14,15)(H4,7,8,10). The molecule has 0 aromatic heterocycles. The molecule has 0 spiro atoms. The summed E-state index contributed by atoms with van der Waals surface area (Å²) >= 11 is 0. The molecule has 0 aromatic carbocycles. The first-order valence-electron chi connectivity index (χ1n) is 4.15. The van der Waals surface area contributed by atoms with E-state index >= 15 is 0 Å². The lowest BCUT2D eigenvalue weighted by Crippen LogP contribution is -2.33. The summed E-state index contributed by atoms with van der Waals surface area (Å²) in [7, 11) is 0. The van der Waals surface area contributed by atoms with Gasteiger partial charge >= 0.3 is 5.97 Å². The maximum Gasteiger partial charge on any atom is 0.349 e. The molecule has 0 amide bonds. The van der Waals surface area contributed by atoms with Crippen LogP contribution < -0.4 is 16.9 Å². The van der Waals surface area contributed by atoms with Gasteiger partial charge in [0.2, 0.25) is 0 Å². The number of carboxylic acid groups (broad SMARTS) is 1. The van der Waals surface area contributed by atoms with Crippen LogP contribution >= 0.6 is 0 Å². The molecule has 0 bridgehead atoms. The molecular weight excluding hydrogens is 202 g/mol. The number of hydrogen-bond acceptors (Lipinski definition) is 3. The van der Waals surface area contributed by atoms with Gasteiger partial charge in [-0.15, -0.1) is 5.53 Å². The average molecular weight is 215 g/mol. The molecule has 0 rings (SSSR count). The Hall–Kier alpha value is -2.15. The van der Waals surface area contributed by atoms with Gasteiger partial charge < -0.3 is 16.6 Å². The minimum atomic E-state index is -1.09. The topological polar surface area (TPSA) is 162 Å². The smallest absolute Gasteiger partial charge is 0.349 e. The zero-order valence-electron chi connectivity index (χ0n) is 8.00. The summed E-state index contributed by atoms with van der Waals surface area (Å²) in [6, 6.07) is -0.921. The molecule has 0 saturated carbocycles. The lowest BCUT2D eigenvalue weighted by Gasteiger charge is -2.06. The van der Waals surface area contributed by atoms with Gasteiger partial charge in [-0.2, -0.15) is 4.91 Å². The minimum Gasteiger partial charge on any atom is -0.478 e. The number of aliphatic carboxylic acids is 1. The molecule has 0 saturated heterocycles. The van der Waals surface area contributed by atoms with Gasteiger partial charge in [-0.05, 0) is 11.6 Å². The molecule has 0 aliphatic rings. The van der Waals surface area contributed by atoms with E-state index in [1.165, 1.54) is 0 Å². The van der Waals surface area contributed by atoms with E-state index in [4.69, 9.17) is 22.1 Å². The average Bonchev–Trinajstić information content (AvgIpc) is 2.15. The number of carbonyl (C=O) groups is 1. The van der Waals surface area contributed by atoms with E-state index in [2.05, 4.69) is 20.6 Å². The van der Waals surface area contributed by atoms with Crippen LogP contribution in [-0.4, -0.2) is 29.6 Å². The van der Waals surface area contributed by atoms with Crippen molar-refractivity contribution >= 4 is 11.9 Å². The highest BCUT2D eigenvalue weighted by Gasteiger charge is 2.18. The van der Waals surface area contributed by atoms with Crippen molar-refractivity contribution in [2.75, 3.05) is 6.54 Å². The monoisotopic (exact) mass is 215 g/mol. The molecule has 0 aromatic rings. The SMILES string of the molecule is [N-]=[N+]=NNC(CCCN=C(N)N)C(=O)O. The fourth-order valence-electron chi connectivity index (χ4n) is 0.842. The van der Waals surface area contributed by atoms with Gasteiger partial charge in [0.25, 0.3) is 0 Å². The summed E-state index contributed by atoms with van der Waals surface area (Å²) in [6.45, 7) is 0.337. The first-order chi connectivity index (χ1) is 7.07. The van der Waals surface area contributed by atoms with E-state index in [1.54, 1.807) is 0 Å². The van der Waals surface area contributed by atoms with Gasteiger partial charge in [-0.1, -0.05) is 0 Å². The van der Waals surface area contributed by atoms with Crippen LogP contribution in [0.25, 0.3) is 10.4 Å². The first kappa shape index (κ1) is 12.8. The van der Waals surface area contributed by atoms with Crippen molar-refractivity contribution in [1.82, 2.24) is 5.43 Å². The van der Waals surface area contributed by atoms with Crippen molar-refractivity contribution in [2.45, 2.75) is 18.9 Å². The van der Waals surface area contributed by atoms with Crippen LogP contribution in [0.1, 0.15) is 12.8 Å². The number of guanidine groups is 1. The Kier molecular flexibility index (Phi) is 6.23. The highest BCUT2D eigenvalue weighted by molar-refractivity contribution is 5.75. The molecule has 84 valence electrons. The second-order valence-electron chi connectivity index (χ2n) is 2.66. The summed E-state index contributed by atoms with van der Waals surface area (Å²) in [5, 5.41) is 11.6. The Bertz CT molecular complexity index is 279. The summed E-state index contributed by atoms with van der Waals surface area (Å²) < 4.78 is 0. The van der Waals surface area contributed by atoms with Gasteiger partial charge in [0.1, 0.15) is 0 Å². The second-order valence-corrected chi connectivity index (χ2v) is 2.66. The number of nitrogens with two attached hydrogens (primary N) is 2. The molecule has 0 radical (unpaired) electrons. The van der Waals surface area contributed by atoms with Crippen LogP contribution in [0, 0.1) is 0 Å². The van der Waals surface area contributed by atoms with Crippen LogP contribution in [0.5, 0.6) is 0 Å². The molecule has 1 unspecified atom stereocenters. The fourth-order valence-corrected chi connectivity index (χ4v) is 0.842. The van der Waals surface area contributed by atoms with Gasteiger partial charge in [0.15, 0.2) is 12.0 Å². The van der Waals surface area contributed by atoms with Crippen molar-refractivity contribution in [3.63, 3.8) is 0 Å². The van der Waals surface area contributed by atoms with Gasteiger partial charge in [0, 0.05) is 13.0 Å². The molecular formula is C6H13N7O2. The molecule has 6 N–H and O–H groups in total.